The maximum Gasteiger partial charge on any atom is 0.130 e. The molecule has 5 heteroatoms. The van der Waals surface area contributed by atoms with Gasteiger partial charge in [-0.25, -0.2) is 0 Å². The fourth-order valence-electron chi connectivity index (χ4n) is 2.08. The highest BCUT2D eigenvalue weighted by molar-refractivity contribution is 5.50. The third-order valence-corrected chi connectivity index (χ3v) is 3.45. The molecule has 5 nitrogen and oxygen atoms in total. The molecule has 0 bridgehead atoms. The van der Waals surface area contributed by atoms with Crippen LogP contribution in [0.1, 0.15) is 18.9 Å². The molecule has 0 heterocycles. The van der Waals surface area contributed by atoms with E-state index in [0.29, 0.717) is 12.6 Å². The maximum absolute atomic E-state index is 5.45. The molecule has 0 spiro atoms. The van der Waals surface area contributed by atoms with Crippen LogP contribution in [-0.2, 0) is 6.54 Å². The van der Waals surface area contributed by atoms with Crippen LogP contribution in [0, 0.1) is 0 Å². The second-order valence-corrected chi connectivity index (χ2v) is 5.38. The lowest BCUT2D eigenvalue weighted by Gasteiger charge is -2.19. The molecule has 1 aromatic carbocycles. The summed E-state index contributed by atoms with van der Waals surface area (Å²) in [5, 5.41) is 3.51. The van der Waals surface area contributed by atoms with E-state index in [-0.39, 0.29) is 0 Å². The van der Waals surface area contributed by atoms with Crippen molar-refractivity contribution >= 4 is 0 Å². The van der Waals surface area contributed by atoms with E-state index in [0.717, 1.165) is 35.8 Å². The molecule has 0 aromatic heterocycles. The van der Waals surface area contributed by atoms with Crippen LogP contribution in [0.5, 0.6) is 17.2 Å². The van der Waals surface area contributed by atoms with Crippen LogP contribution < -0.4 is 19.5 Å². The second kappa shape index (κ2) is 8.74. The van der Waals surface area contributed by atoms with Crippen LogP contribution in [-0.4, -0.2) is 52.9 Å². The van der Waals surface area contributed by atoms with Crippen LogP contribution >= 0.6 is 0 Å². The Morgan fingerprint density at radius 1 is 1.05 bits per heavy atom. The zero-order chi connectivity index (χ0) is 15.8. The highest BCUT2D eigenvalue weighted by Crippen LogP contribution is 2.33. The van der Waals surface area contributed by atoms with Crippen LogP contribution in [0.2, 0.25) is 0 Å². The van der Waals surface area contributed by atoms with E-state index < -0.39 is 0 Å². The van der Waals surface area contributed by atoms with Crippen LogP contribution in [0.25, 0.3) is 0 Å². The minimum atomic E-state index is 0.420. The summed E-state index contributed by atoms with van der Waals surface area (Å²) in [5.41, 5.74) is 1.01. The van der Waals surface area contributed by atoms with Crippen LogP contribution in [0.4, 0.5) is 0 Å². The van der Waals surface area contributed by atoms with Gasteiger partial charge in [0.25, 0.3) is 0 Å². The second-order valence-electron chi connectivity index (χ2n) is 5.38. The Balaban J connectivity index is 2.77. The minimum Gasteiger partial charge on any atom is -0.496 e. The zero-order valence-electron chi connectivity index (χ0n) is 14.0. The van der Waals surface area contributed by atoms with Crippen molar-refractivity contribution in [3.63, 3.8) is 0 Å². The summed E-state index contributed by atoms with van der Waals surface area (Å²) >= 11 is 0. The summed E-state index contributed by atoms with van der Waals surface area (Å²) in [6, 6.07) is 4.18. The van der Waals surface area contributed by atoms with E-state index in [9.17, 15) is 0 Å². The Morgan fingerprint density at radius 3 is 2.05 bits per heavy atom. The van der Waals surface area contributed by atoms with Crippen LogP contribution in [0.3, 0.4) is 0 Å². The molecule has 1 unspecified atom stereocenters. The average Bonchev–Trinajstić information content (AvgIpc) is 2.49. The normalized spacial score (nSPS) is 12.3. The molecular weight excluding hydrogens is 268 g/mol. The fraction of sp³-hybridized carbons (Fsp3) is 0.625. The van der Waals surface area contributed by atoms with Crippen molar-refractivity contribution in [1.82, 2.24) is 10.2 Å². The van der Waals surface area contributed by atoms with Gasteiger partial charge in [-0.2, -0.15) is 0 Å². The maximum atomic E-state index is 5.45. The first-order valence-corrected chi connectivity index (χ1v) is 7.18. The number of nitrogens with zero attached hydrogens (tertiary/aromatic N) is 1. The van der Waals surface area contributed by atoms with Gasteiger partial charge in [-0.15, -0.1) is 0 Å². The third-order valence-electron chi connectivity index (χ3n) is 3.45. The molecule has 1 atom stereocenters. The van der Waals surface area contributed by atoms with Gasteiger partial charge in [-0.1, -0.05) is 0 Å². The molecule has 0 radical (unpaired) electrons. The molecule has 0 saturated heterocycles. The monoisotopic (exact) mass is 296 g/mol. The molecule has 1 N–H and O–H groups in total. The lowest BCUT2D eigenvalue weighted by atomic mass is 10.1. The topological polar surface area (TPSA) is 43.0 Å². The number of methoxy groups -OCH3 is 3. The summed E-state index contributed by atoms with van der Waals surface area (Å²) in [6.45, 7) is 3.95. The third kappa shape index (κ3) is 5.44. The van der Waals surface area contributed by atoms with Gasteiger partial charge >= 0.3 is 0 Å². The number of nitrogens with one attached hydrogen (secondary N) is 1. The van der Waals surface area contributed by atoms with E-state index in [1.54, 1.807) is 21.3 Å². The summed E-state index contributed by atoms with van der Waals surface area (Å²) in [6.07, 6.45) is 1.09. The Hall–Kier alpha value is -1.46. The van der Waals surface area contributed by atoms with Gasteiger partial charge in [0.2, 0.25) is 0 Å². The predicted octanol–water partition coefficient (Wildman–Crippen LogP) is 2.14. The summed E-state index contributed by atoms with van der Waals surface area (Å²) in [4.78, 5) is 2.19. The molecule has 0 fully saturated rings. The zero-order valence-corrected chi connectivity index (χ0v) is 14.0. The molecular formula is C16H28N2O3. The number of ether oxygens (including phenoxy) is 3. The van der Waals surface area contributed by atoms with Gasteiger partial charge in [-0.05, 0) is 34.0 Å². The van der Waals surface area contributed by atoms with Gasteiger partial charge in [0, 0.05) is 24.7 Å². The first-order chi connectivity index (χ1) is 10.0. The molecule has 0 aliphatic rings. The van der Waals surface area contributed by atoms with E-state index in [2.05, 4.69) is 31.2 Å². The molecule has 1 aromatic rings. The molecule has 21 heavy (non-hydrogen) atoms. The van der Waals surface area contributed by atoms with Gasteiger partial charge < -0.3 is 24.4 Å². The van der Waals surface area contributed by atoms with Gasteiger partial charge in [0.15, 0.2) is 0 Å². The number of hydrogen-bond acceptors (Lipinski definition) is 5. The average molecular weight is 296 g/mol. The highest BCUT2D eigenvalue weighted by atomic mass is 16.5. The fourth-order valence-corrected chi connectivity index (χ4v) is 2.08. The first-order valence-electron chi connectivity index (χ1n) is 7.18. The van der Waals surface area contributed by atoms with Crippen molar-refractivity contribution in [2.45, 2.75) is 25.9 Å². The van der Waals surface area contributed by atoms with Crippen molar-refractivity contribution in [2.75, 3.05) is 42.0 Å². The van der Waals surface area contributed by atoms with E-state index >= 15 is 0 Å². The first kappa shape index (κ1) is 17.6. The van der Waals surface area contributed by atoms with Crippen LogP contribution in [0.15, 0.2) is 12.1 Å². The molecule has 0 amide bonds. The van der Waals surface area contributed by atoms with E-state index in [1.807, 2.05) is 12.1 Å². The van der Waals surface area contributed by atoms with Gasteiger partial charge in [0.05, 0.1) is 26.9 Å². The Labute approximate surface area is 128 Å². The van der Waals surface area contributed by atoms with Crippen molar-refractivity contribution < 1.29 is 14.2 Å². The predicted molar refractivity (Wildman–Crippen MR) is 85.6 cm³/mol. The lowest BCUT2D eigenvalue weighted by molar-refractivity contribution is 0.352. The largest absolute Gasteiger partial charge is 0.496 e. The highest BCUT2D eigenvalue weighted by Gasteiger charge is 2.14. The van der Waals surface area contributed by atoms with Crippen molar-refractivity contribution in [3.05, 3.63) is 17.7 Å². The van der Waals surface area contributed by atoms with E-state index in [4.69, 9.17) is 14.2 Å². The van der Waals surface area contributed by atoms with Gasteiger partial charge in [-0.3, -0.25) is 0 Å². The Bertz CT molecular complexity index is 411. The van der Waals surface area contributed by atoms with Gasteiger partial charge in [0.1, 0.15) is 17.2 Å². The summed E-state index contributed by atoms with van der Waals surface area (Å²) < 4.78 is 16.2. The lowest BCUT2D eigenvalue weighted by Crippen LogP contribution is -2.29. The molecule has 1 rings (SSSR count). The van der Waals surface area contributed by atoms with Crippen molar-refractivity contribution in [3.8, 4) is 17.2 Å². The summed E-state index contributed by atoms with van der Waals surface area (Å²) in [7, 11) is 9.13. The number of rotatable bonds is 9. The molecule has 0 saturated carbocycles. The van der Waals surface area contributed by atoms with Crippen molar-refractivity contribution in [2.24, 2.45) is 0 Å². The molecule has 0 aliphatic heterocycles. The Kier molecular flexibility index (Phi) is 7.32. The standard InChI is InChI=1S/C16H28N2O3/c1-12(7-8-18(2)3)17-11-14-15(20-5)9-13(19-4)10-16(14)21-6/h9-10,12,17H,7-8,11H2,1-6H3. The quantitative estimate of drug-likeness (QED) is 0.756. The smallest absolute Gasteiger partial charge is 0.130 e. The van der Waals surface area contributed by atoms with Crippen molar-refractivity contribution in [1.29, 1.82) is 0 Å². The molecule has 120 valence electrons. The Morgan fingerprint density at radius 2 is 1.62 bits per heavy atom. The number of benzene rings is 1. The SMILES string of the molecule is COc1cc(OC)c(CNC(C)CCN(C)C)c(OC)c1. The molecule has 0 aliphatic carbocycles. The van der Waals surface area contributed by atoms with E-state index in [1.165, 1.54) is 0 Å². The minimum absolute atomic E-state index is 0.420. The summed E-state index contributed by atoms with van der Waals surface area (Å²) in [5.74, 6) is 2.28. The number of hydrogen-bond donors (Lipinski definition) is 1.